The molecule has 0 aliphatic rings. The molecule has 3 heterocycles. The molecule has 0 spiro atoms. The first-order valence-corrected chi connectivity index (χ1v) is 13.0. The Bertz CT molecular complexity index is 1940. The lowest BCUT2D eigenvalue weighted by Crippen LogP contribution is -2.12. The van der Waals surface area contributed by atoms with Gasteiger partial charge in [-0.2, -0.15) is 5.26 Å². The topological polar surface area (TPSA) is 123 Å². The molecule has 0 bridgehead atoms. The maximum absolute atomic E-state index is 13.5. The Kier molecular flexibility index (Phi) is 5.51. The second-order valence-electron chi connectivity index (χ2n) is 9.20. The van der Waals surface area contributed by atoms with Crippen LogP contribution in [0.25, 0.3) is 43.1 Å². The number of fused-ring (bicyclic) bond motifs is 4. The molecule has 186 valence electrons. The van der Waals surface area contributed by atoms with Crippen molar-refractivity contribution in [2.24, 2.45) is 0 Å². The Hall–Kier alpha value is -4.87. The summed E-state index contributed by atoms with van der Waals surface area (Å²) in [4.78, 5) is 18.7. The number of thiophene rings is 1. The molecule has 3 aromatic carbocycles. The lowest BCUT2D eigenvalue weighted by atomic mass is 9.96. The third kappa shape index (κ3) is 3.56. The van der Waals surface area contributed by atoms with Crippen molar-refractivity contribution in [3.63, 3.8) is 0 Å². The number of anilines is 3. The first kappa shape index (κ1) is 23.5. The van der Waals surface area contributed by atoms with Gasteiger partial charge in [0.25, 0.3) is 5.91 Å². The maximum atomic E-state index is 13.5. The number of amides is 1. The van der Waals surface area contributed by atoms with Crippen LogP contribution in [0.1, 0.15) is 27.7 Å². The van der Waals surface area contributed by atoms with Crippen molar-refractivity contribution >= 4 is 66.5 Å². The van der Waals surface area contributed by atoms with E-state index in [0.29, 0.717) is 26.3 Å². The monoisotopic (exact) mass is 516 g/mol. The molecule has 0 unspecified atom stereocenters. The van der Waals surface area contributed by atoms with Gasteiger partial charge in [0.15, 0.2) is 0 Å². The molecule has 6 rings (SSSR count). The van der Waals surface area contributed by atoms with Crippen molar-refractivity contribution in [1.82, 2.24) is 9.55 Å². The third-order valence-corrected chi connectivity index (χ3v) is 8.01. The zero-order chi connectivity index (χ0) is 26.6. The molecule has 0 fully saturated rings. The summed E-state index contributed by atoms with van der Waals surface area (Å²) in [6.45, 7) is 4.96. The normalized spacial score (nSPS) is 11.3. The van der Waals surface area contributed by atoms with E-state index in [2.05, 4.69) is 40.0 Å². The first-order chi connectivity index (χ1) is 18.4. The fourth-order valence-corrected chi connectivity index (χ4v) is 6.13. The Morgan fingerprint density at radius 3 is 2.53 bits per heavy atom. The molecule has 8 heteroatoms. The van der Waals surface area contributed by atoms with Crippen molar-refractivity contribution in [3.05, 3.63) is 82.7 Å². The van der Waals surface area contributed by atoms with Crippen LogP contribution in [-0.2, 0) is 6.54 Å². The Morgan fingerprint density at radius 1 is 1.05 bits per heavy atom. The van der Waals surface area contributed by atoms with Crippen molar-refractivity contribution in [2.75, 3.05) is 16.8 Å². The molecular formula is C30H24N6OS. The molecule has 0 aliphatic heterocycles. The minimum absolute atomic E-state index is 0.113. The van der Waals surface area contributed by atoms with Crippen LogP contribution in [0.4, 0.5) is 17.2 Å². The lowest BCUT2D eigenvalue weighted by molar-refractivity contribution is 0.103. The summed E-state index contributed by atoms with van der Waals surface area (Å²) >= 11 is 1.17. The summed E-state index contributed by atoms with van der Waals surface area (Å²) in [5.74, 6) is -0.224. The number of aryl methyl sites for hydroxylation is 2. The van der Waals surface area contributed by atoms with Crippen LogP contribution in [0.3, 0.4) is 0 Å². The number of para-hydroxylation sites is 1. The van der Waals surface area contributed by atoms with E-state index in [-0.39, 0.29) is 23.0 Å². The fourth-order valence-electron chi connectivity index (χ4n) is 5.12. The molecule has 1 amide bonds. The van der Waals surface area contributed by atoms with Gasteiger partial charge in [-0.15, -0.1) is 11.3 Å². The lowest BCUT2D eigenvalue weighted by Gasteiger charge is -2.10. The van der Waals surface area contributed by atoms with Crippen molar-refractivity contribution in [3.8, 4) is 17.2 Å². The second-order valence-corrected chi connectivity index (χ2v) is 10.2. The van der Waals surface area contributed by atoms with Crippen LogP contribution in [0.2, 0.25) is 0 Å². The Labute approximate surface area is 222 Å². The Balaban J connectivity index is 1.45. The van der Waals surface area contributed by atoms with Gasteiger partial charge < -0.3 is 21.4 Å². The van der Waals surface area contributed by atoms with Crippen molar-refractivity contribution < 1.29 is 4.79 Å². The van der Waals surface area contributed by atoms with Crippen molar-refractivity contribution in [1.29, 1.82) is 5.26 Å². The van der Waals surface area contributed by atoms with E-state index in [1.165, 1.54) is 11.3 Å². The van der Waals surface area contributed by atoms with Gasteiger partial charge in [-0.3, -0.25) is 4.79 Å². The number of nitriles is 1. The molecule has 0 atom stereocenters. The fraction of sp³-hybridized carbons (Fsp3) is 0.100. The van der Waals surface area contributed by atoms with E-state index in [1.54, 1.807) is 0 Å². The summed E-state index contributed by atoms with van der Waals surface area (Å²) < 4.78 is 2.26. The molecule has 0 radical (unpaired) electrons. The molecule has 0 saturated heterocycles. The highest BCUT2D eigenvalue weighted by molar-refractivity contribution is 7.21. The van der Waals surface area contributed by atoms with Gasteiger partial charge in [-0.25, -0.2) is 4.98 Å². The van der Waals surface area contributed by atoms with E-state index in [9.17, 15) is 10.1 Å². The minimum atomic E-state index is -0.337. The SMILES string of the molecule is CCn1c2ccccc2c2cc(NC(=O)c3sc4nc(N)c(C#N)c(-c5ccc(C)cc5)c4c3N)ccc21. The van der Waals surface area contributed by atoms with Gasteiger partial charge in [0.2, 0.25) is 0 Å². The van der Waals surface area contributed by atoms with E-state index < -0.39 is 0 Å². The predicted octanol–water partition coefficient (Wildman–Crippen LogP) is 6.69. The largest absolute Gasteiger partial charge is 0.397 e. The summed E-state index contributed by atoms with van der Waals surface area (Å²) in [5.41, 5.74) is 18.7. The zero-order valence-electron chi connectivity index (χ0n) is 20.9. The van der Waals surface area contributed by atoms with Crippen LogP contribution in [0, 0.1) is 18.3 Å². The number of carbonyl (C=O) groups is 1. The van der Waals surface area contributed by atoms with Gasteiger partial charge in [0.1, 0.15) is 27.2 Å². The molecule has 0 aliphatic carbocycles. The highest BCUT2D eigenvalue weighted by Crippen LogP contribution is 2.43. The molecular weight excluding hydrogens is 492 g/mol. The summed E-state index contributed by atoms with van der Waals surface area (Å²) in [6, 6.07) is 24.1. The quantitative estimate of drug-likeness (QED) is 0.241. The third-order valence-electron chi connectivity index (χ3n) is 6.91. The molecule has 38 heavy (non-hydrogen) atoms. The Morgan fingerprint density at radius 2 is 1.79 bits per heavy atom. The van der Waals surface area contributed by atoms with Crippen LogP contribution in [0.15, 0.2) is 66.7 Å². The van der Waals surface area contributed by atoms with E-state index in [4.69, 9.17) is 11.5 Å². The predicted molar refractivity (Wildman–Crippen MR) is 156 cm³/mol. The van der Waals surface area contributed by atoms with Gasteiger partial charge >= 0.3 is 0 Å². The number of nitrogens with zero attached hydrogens (tertiary/aromatic N) is 3. The number of aromatic nitrogens is 2. The summed E-state index contributed by atoms with van der Waals surface area (Å²) in [7, 11) is 0. The smallest absolute Gasteiger partial charge is 0.267 e. The van der Waals surface area contributed by atoms with E-state index >= 15 is 0 Å². The number of carbonyl (C=O) groups excluding carboxylic acids is 1. The molecule has 3 aromatic heterocycles. The number of nitrogens with two attached hydrogens (primary N) is 2. The molecule has 0 saturated carbocycles. The number of hydrogen-bond acceptors (Lipinski definition) is 6. The molecule has 7 nitrogen and oxygen atoms in total. The van der Waals surface area contributed by atoms with Gasteiger partial charge in [0.05, 0.1) is 5.69 Å². The number of nitrogen functional groups attached to an aromatic ring is 2. The number of benzene rings is 3. The van der Waals surface area contributed by atoms with Crippen LogP contribution < -0.4 is 16.8 Å². The van der Waals surface area contributed by atoms with Gasteiger partial charge in [-0.1, -0.05) is 48.0 Å². The number of pyridine rings is 1. The van der Waals surface area contributed by atoms with E-state index in [1.807, 2.05) is 61.5 Å². The molecule has 5 N–H and O–H groups in total. The molecule has 6 aromatic rings. The maximum Gasteiger partial charge on any atom is 0.267 e. The van der Waals surface area contributed by atoms with E-state index in [0.717, 1.165) is 39.5 Å². The average Bonchev–Trinajstić information content (AvgIpc) is 3.42. The minimum Gasteiger partial charge on any atom is -0.397 e. The summed E-state index contributed by atoms with van der Waals surface area (Å²) in [6.07, 6.45) is 0. The summed E-state index contributed by atoms with van der Waals surface area (Å²) in [5, 5.41) is 15.6. The van der Waals surface area contributed by atoms with Crippen LogP contribution in [0.5, 0.6) is 0 Å². The zero-order valence-corrected chi connectivity index (χ0v) is 21.7. The van der Waals surface area contributed by atoms with Crippen molar-refractivity contribution in [2.45, 2.75) is 20.4 Å². The number of rotatable bonds is 4. The number of nitrogens with one attached hydrogen (secondary N) is 1. The standard InChI is InChI=1S/C30H24N6OS/c1-3-36-22-7-5-4-6-19(22)20-14-18(12-13-23(20)36)34-29(37)27-26(32)25-24(17-10-8-16(2)9-11-17)21(15-31)28(33)35-30(25)38-27/h4-14H,3,32H2,1-2H3,(H2,33,35)(H,34,37). The average molecular weight is 517 g/mol. The number of hydrogen-bond donors (Lipinski definition) is 3. The highest BCUT2D eigenvalue weighted by Gasteiger charge is 2.24. The second kappa shape index (κ2) is 8.91. The van der Waals surface area contributed by atoms with Crippen LogP contribution in [-0.4, -0.2) is 15.5 Å². The first-order valence-electron chi connectivity index (χ1n) is 12.2. The van der Waals surface area contributed by atoms with Gasteiger partial charge in [-0.05, 0) is 43.7 Å². The van der Waals surface area contributed by atoms with Gasteiger partial charge in [0, 0.05) is 45.0 Å². The van der Waals surface area contributed by atoms with Crippen LogP contribution >= 0.6 is 11.3 Å². The highest BCUT2D eigenvalue weighted by atomic mass is 32.1.